The normalized spacial score (nSPS) is 11.0. The van der Waals surface area contributed by atoms with Crippen LogP contribution in [0, 0.1) is 0 Å². The van der Waals surface area contributed by atoms with Gasteiger partial charge < -0.3 is 10.6 Å². The Kier molecular flexibility index (Phi) is 6.68. The van der Waals surface area contributed by atoms with Gasteiger partial charge in [-0.1, -0.05) is 75.4 Å². The first-order valence-corrected chi connectivity index (χ1v) is 10.2. The van der Waals surface area contributed by atoms with E-state index >= 15 is 0 Å². The Morgan fingerprint density at radius 3 is 1.53 bits per heavy atom. The summed E-state index contributed by atoms with van der Waals surface area (Å²) in [5.74, 6) is -0.296. The Morgan fingerprint density at radius 1 is 0.633 bits per heavy atom. The van der Waals surface area contributed by atoms with E-state index in [2.05, 4.69) is 31.4 Å². The summed E-state index contributed by atoms with van der Waals surface area (Å²) in [4.78, 5) is 24.6. The van der Waals surface area contributed by atoms with E-state index in [1.54, 1.807) is 0 Å². The maximum atomic E-state index is 12.3. The minimum atomic E-state index is -0.154. The number of nitrogens with one attached hydrogen (secondary N) is 2. The molecule has 154 valence electrons. The van der Waals surface area contributed by atoms with Gasteiger partial charge in [0.1, 0.15) is 0 Å². The molecule has 0 atom stereocenters. The van der Waals surface area contributed by atoms with Crippen LogP contribution in [0.1, 0.15) is 47.1 Å². The molecule has 0 bridgehead atoms. The Morgan fingerprint density at radius 2 is 1.07 bits per heavy atom. The highest BCUT2D eigenvalue weighted by Gasteiger charge is 2.14. The Balaban J connectivity index is 1.46. The van der Waals surface area contributed by atoms with Crippen LogP contribution in [-0.4, -0.2) is 24.9 Å². The molecule has 3 rings (SSSR count). The molecule has 0 saturated carbocycles. The molecule has 30 heavy (non-hydrogen) atoms. The zero-order valence-corrected chi connectivity index (χ0v) is 17.7. The smallest absolute Gasteiger partial charge is 0.251 e. The summed E-state index contributed by atoms with van der Waals surface area (Å²) in [6, 6.07) is 25.2. The summed E-state index contributed by atoms with van der Waals surface area (Å²) in [5.41, 5.74) is 4.63. The fraction of sp³-hybridized carbons (Fsp3) is 0.231. The van der Waals surface area contributed by atoms with Crippen molar-refractivity contribution in [2.75, 3.05) is 13.1 Å². The summed E-state index contributed by atoms with van der Waals surface area (Å²) in [6.45, 7) is 7.15. The van der Waals surface area contributed by atoms with Crippen molar-refractivity contribution in [3.8, 4) is 11.1 Å². The highest BCUT2D eigenvalue weighted by Crippen LogP contribution is 2.22. The predicted molar refractivity (Wildman–Crippen MR) is 122 cm³/mol. The van der Waals surface area contributed by atoms with E-state index < -0.39 is 0 Å². The van der Waals surface area contributed by atoms with E-state index in [4.69, 9.17) is 0 Å². The van der Waals surface area contributed by atoms with Gasteiger partial charge in [0, 0.05) is 24.2 Å². The third-order valence-corrected chi connectivity index (χ3v) is 4.96. The van der Waals surface area contributed by atoms with E-state index in [1.165, 1.54) is 5.56 Å². The van der Waals surface area contributed by atoms with E-state index in [0.717, 1.165) is 11.1 Å². The minimum absolute atomic E-state index is 0.0542. The lowest BCUT2D eigenvalue weighted by Gasteiger charge is -2.19. The SMILES string of the molecule is CC(C)(C)c1ccc(C(=O)NCCNC(=O)c2ccc(-c3ccccc3)cc2)cc1. The van der Waals surface area contributed by atoms with Crippen LogP contribution in [0.3, 0.4) is 0 Å². The zero-order chi connectivity index (χ0) is 21.6. The Bertz CT molecular complexity index is 986. The molecular formula is C26H28N2O2. The van der Waals surface area contributed by atoms with Crippen molar-refractivity contribution < 1.29 is 9.59 Å². The second kappa shape index (κ2) is 9.40. The molecule has 0 aliphatic rings. The van der Waals surface area contributed by atoms with Gasteiger partial charge in [0.2, 0.25) is 0 Å². The Hall–Kier alpha value is -3.40. The maximum Gasteiger partial charge on any atom is 0.251 e. The fourth-order valence-corrected chi connectivity index (χ4v) is 3.12. The van der Waals surface area contributed by atoms with Gasteiger partial charge in [0.15, 0.2) is 0 Å². The third-order valence-electron chi connectivity index (χ3n) is 4.96. The molecule has 2 N–H and O–H groups in total. The molecule has 3 aromatic carbocycles. The number of carbonyl (C=O) groups excluding carboxylic acids is 2. The fourth-order valence-electron chi connectivity index (χ4n) is 3.12. The van der Waals surface area contributed by atoms with Crippen molar-refractivity contribution in [2.45, 2.75) is 26.2 Å². The standard InChI is InChI=1S/C26H28N2O2/c1-26(2,3)23-15-13-22(14-16-23)25(30)28-18-17-27-24(29)21-11-9-20(10-12-21)19-7-5-4-6-8-19/h4-16H,17-18H2,1-3H3,(H,27,29)(H,28,30). The van der Waals surface area contributed by atoms with Crippen LogP contribution in [-0.2, 0) is 5.41 Å². The molecule has 3 aromatic rings. The lowest BCUT2D eigenvalue weighted by atomic mass is 9.87. The predicted octanol–water partition coefficient (Wildman–Crippen LogP) is 4.81. The van der Waals surface area contributed by atoms with Crippen molar-refractivity contribution in [1.29, 1.82) is 0 Å². The number of rotatable bonds is 6. The first kappa shape index (κ1) is 21.3. The van der Waals surface area contributed by atoms with Gasteiger partial charge >= 0.3 is 0 Å². The highest BCUT2D eigenvalue weighted by atomic mass is 16.2. The minimum Gasteiger partial charge on any atom is -0.350 e. The Labute approximate surface area is 178 Å². The average Bonchev–Trinajstić information content (AvgIpc) is 2.76. The van der Waals surface area contributed by atoms with Crippen LogP contribution in [0.15, 0.2) is 78.9 Å². The van der Waals surface area contributed by atoms with E-state index in [0.29, 0.717) is 24.2 Å². The van der Waals surface area contributed by atoms with Crippen LogP contribution < -0.4 is 10.6 Å². The van der Waals surface area contributed by atoms with Crippen LogP contribution in [0.2, 0.25) is 0 Å². The maximum absolute atomic E-state index is 12.3. The van der Waals surface area contributed by atoms with Crippen LogP contribution in [0.25, 0.3) is 11.1 Å². The van der Waals surface area contributed by atoms with Crippen molar-refractivity contribution in [1.82, 2.24) is 10.6 Å². The van der Waals surface area contributed by atoms with Gasteiger partial charge in [-0.05, 0) is 46.4 Å². The molecular weight excluding hydrogens is 372 g/mol. The van der Waals surface area contributed by atoms with E-state index in [-0.39, 0.29) is 17.2 Å². The second-order valence-electron chi connectivity index (χ2n) is 8.28. The number of carbonyl (C=O) groups is 2. The summed E-state index contributed by atoms with van der Waals surface area (Å²) in [6.07, 6.45) is 0. The highest BCUT2D eigenvalue weighted by molar-refractivity contribution is 5.95. The van der Waals surface area contributed by atoms with Crippen molar-refractivity contribution in [2.24, 2.45) is 0 Å². The number of hydrogen-bond donors (Lipinski definition) is 2. The molecule has 0 radical (unpaired) electrons. The summed E-state index contributed by atoms with van der Waals surface area (Å²) in [7, 11) is 0. The molecule has 2 amide bonds. The monoisotopic (exact) mass is 400 g/mol. The first-order chi connectivity index (χ1) is 14.3. The van der Waals surface area contributed by atoms with Gasteiger partial charge in [-0.3, -0.25) is 9.59 Å². The quantitative estimate of drug-likeness (QED) is 0.583. The van der Waals surface area contributed by atoms with Crippen molar-refractivity contribution in [3.05, 3.63) is 95.6 Å². The second-order valence-corrected chi connectivity index (χ2v) is 8.28. The van der Waals surface area contributed by atoms with Gasteiger partial charge in [-0.15, -0.1) is 0 Å². The molecule has 0 aromatic heterocycles. The number of amides is 2. The topological polar surface area (TPSA) is 58.2 Å². The van der Waals surface area contributed by atoms with Gasteiger partial charge in [0.05, 0.1) is 0 Å². The van der Waals surface area contributed by atoms with Gasteiger partial charge in [-0.25, -0.2) is 0 Å². The summed E-state index contributed by atoms with van der Waals surface area (Å²) < 4.78 is 0. The average molecular weight is 401 g/mol. The lowest BCUT2D eigenvalue weighted by molar-refractivity contribution is 0.0927. The van der Waals surface area contributed by atoms with Crippen LogP contribution in [0.4, 0.5) is 0 Å². The largest absolute Gasteiger partial charge is 0.350 e. The molecule has 0 heterocycles. The molecule has 0 aliphatic heterocycles. The molecule has 0 saturated heterocycles. The van der Waals surface area contributed by atoms with Crippen molar-refractivity contribution >= 4 is 11.8 Å². The number of benzene rings is 3. The van der Waals surface area contributed by atoms with Crippen molar-refractivity contribution in [3.63, 3.8) is 0 Å². The molecule has 4 heteroatoms. The van der Waals surface area contributed by atoms with Gasteiger partial charge in [-0.2, -0.15) is 0 Å². The van der Waals surface area contributed by atoms with Gasteiger partial charge in [0.25, 0.3) is 11.8 Å². The molecule has 0 unspecified atom stereocenters. The zero-order valence-electron chi connectivity index (χ0n) is 17.7. The molecule has 0 aliphatic carbocycles. The van der Waals surface area contributed by atoms with E-state index in [9.17, 15) is 9.59 Å². The van der Waals surface area contributed by atoms with Crippen LogP contribution in [0.5, 0.6) is 0 Å². The summed E-state index contributed by atoms with van der Waals surface area (Å²) >= 11 is 0. The number of hydrogen-bond acceptors (Lipinski definition) is 2. The van der Waals surface area contributed by atoms with Crippen LogP contribution >= 0.6 is 0 Å². The molecule has 0 fully saturated rings. The summed E-state index contributed by atoms with van der Waals surface area (Å²) in [5, 5.41) is 5.68. The third kappa shape index (κ3) is 5.57. The first-order valence-electron chi connectivity index (χ1n) is 10.2. The molecule has 4 nitrogen and oxygen atoms in total. The van der Waals surface area contributed by atoms with E-state index in [1.807, 2.05) is 78.9 Å². The lowest BCUT2D eigenvalue weighted by Crippen LogP contribution is -2.34. The molecule has 0 spiro atoms.